The first kappa shape index (κ1) is 14.3. The molecule has 0 radical (unpaired) electrons. The summed E-state index contributed by atoms with van der Waals surface area (Å²) in [5.74, 6) is -0.551. The Morgan fingerprint density at radius 3 is 2.00 bits per heavy atom. The van der Waals surface area contributed by atoms with E-state index in [1.807, 2.05) is 0 Å². The number of hydrogen-bond acceptors (Lipinski definition) is 2. The lowest BCUT2D eigenvalue weighted by Gasteiger charge is -2.12. The van der Waals surface area contributed by atoms with Crippen LogP contribution in [0.1, 0.15) is 27.6 Å². The van der Waals surface area contributed by atoms with E-state index in [1.54, 1.807) is 18.2 Å². The van der Waals surface area contributed by atoms with Crippen molar-refractivity contribution in [2.75, 3.05) is 0 Å². The van der Waals surface area contributed by atoms with Crippen molar-refractivity contribution in [2.45, 2.75) is 12.3 Å². The van der Waals surface area contributed by atoms with Crippen LogP contribution in [0.3, 0.4) is 0 Å². The number of halogens is 3. The minimum absolute atomic E-state index is 0.131. The fourth-order valence-corrected chi connectivity index (χ4v) is 1.77. The van der Waals surface area contributed by atoms with Crippen LogP contribution in [0.4, 0.5) is 13.2 Å². The summed E-state index contributed by atoms with van der Waals surface area (Å²) in [7, 11) is 0. The lowest BCUT2D eigenvalue weighted by Crippen LogP contribution is -2.13. The molecule has 0 spiro atoms. The highest BCUT2D eigenvalue weighted by Crippen LogP contribution is 2.30. The van der Waals surface area contributed by atoms with Gasteiger partial charge in [0.15, 0.2) is 5.78 Å². The molecule has 1 N–H and O–H groups in total. The van der Waals surface area contributed by atoms with Crippen molar-refractivity contribution in [3.63, 3.8) is 0 Å². The summed E-state index contributed by atoms with van der Waals surface area (Å²) in [5, 5.41) is 9.91. The van der Waals surface area contributed by atoms with E-state index in [-0.39, 0.29) is 5.56 Å². The molecule has 5 heteroatoms. The third-order valence-corrected chi connectivity index (χ3v) is 2.86. The molecule has 0 bridgehead atoms. The van der Waals surface area contributed by atoms with Crippen molar-refractivity contribution in [3.8, 4) is 0 Å². The Morgan fingerprint density at radius 1 is 0.950 bits per heavy atom. The van der Waals surface area contributed by atoms with E-state index in [4.69, 9.17) is 0 Å². The molecule has 0 fully saturated rings. The van der Waals surface area contributed by atoms with Crippen LogP contribution in [-0.4, -0.2) is 10.9 Å². The van der Waals surface area contributed by atoms with Gasteiger partial charge in [-0.3, -0.25) is 4.79 Å². The second-order valence-corrected chi connectivity index (χ2v) is 4.25. The fourth-order valence-electron chi connectivity index (χ4n) is 1.77. The zero-order valence-electron chi connectivity index (χ0n) is 10.3. The maximum Gasteiger partial charge on any atom is 0.416 e. The van der Waals surface area contributed by atoms with Crippen molar-refractivity contribution in [2.24, 2.45) is 0 Å². The van der Waals surface area contributed by atoms with Gasteiger partial charge in [0.2, 0.25) is 0 Å². The lowest BCUT2D eigenvalue weighted by atomic mass is 9.99. The van der Waals surface area contributed by atoms with E-state index in [1.165, 1.54) is 12.1 Å². The molecular weight excluding hydrogens is 269 g/mol. The molecule has 1 atom stereocenters. The van der Waals surface area contributed by atoms with Crippen LogP contribution < -0.4 is 0 Å². The predicted molar refractivity (Wildman–Crippen MR) is 67.2 cm³/mol. The topological polar surface area (TPSA) is 37.3 Å². The maximum absolute atomic E-state index is 12.4. The van der Waals surface area contributed by atoms with Crippen LogP contribution in [0.5, 0.6) is 0 Å². The number of aliphatic hydroxyl groups is 1. The first-order valence-corrected chi connectivity index (χ1v) is 5.84. The van der Waals surface area contributed by atoms with Crippen molar-refractivity contribution in [1.29, 1.82) is 0 Å². The molecule has 2 rings (SSSR count). The molecule has 0 aliphatic rings. The Balaban J connectivity index is 2.22. The Hall–Kier alpha value is -2.14. The molecule has 0 saturated heterocycles. The molecule has 0 aliphatic carbocycles. The van der Waals surface area contributed by atoms with Crippen molar-refractivity contribution in [3.05, 3.63) is 71.3 Å². The van der Waals surface area contributed by atoms with Gasteiger partial charge < -0.3 is 5.11 Å². The van der Waals surface area contributed by atoms with Gasteiger partial charge in [0.25, 0.3) is 0 Å². The van der Waals surface area contributed by atoms with Crippen molar-refractivity contribution < 1.29 is 23.1 Å². The fraction of sp³-hybridized carbons (Fsp3) is 0.133. The number of carbonyl (C=O) groups excluding carboxylic acids is 1. The number of ketones is 1. The van der Waals surface area contributed by atoms with E-state index < -0.39 is 23.6 Å². The number of hydrogen-bond donors (Lipinski definition) is 1. The Morgan fingerprint density at radius 2 is 1.50 bits per heavy atom. The second kappa shape index (κ2) is 5.46. The number of rotatable bonds is 3. The van der Waals surface area contributed by atoms with E-state index in [0.717, 1.165) is 24.3 Å². The van der Waals surface area contributed by atoms with E-state index >= 15 is 0 Å². The molecule has 0 aliphatic heterocycles. The summed E-state index contributed by atoms with van der Waals surface area (Å²) >= 11 is 0. The van der Waals surface area contributed by atoms with Crippen molar-refractivity contribution >= 4 is 5.78 Å². The molecule has 2 aromatic rings. The molecule has 0 saturated carbocycles. The molecular formula is C15H11F3O2. The maximum atomic E-state index is 12.4. The van der Waals surface area contributed by atoms with Crippen LogP contribution in [0, 0.1) is 0 Å². The summed E-state index contributed by atoms with van der Waals surface area (Å²) in [6.45, 7) is 0. The van der Waals surface area contributed by atoms with Gasteiger partial charge in [-0.15, -0.1) is 0 Å². The molecule has 0 amide bonds. The van der Waals surface area contributed by atoms with Gasteiger partial charge in [0.1, 0.15) is 6.10 Å². The SMILES string of the molecule is O=C(c1ccccc1)C(O)c1ccc(C(F)(F)F)cc1. The normalized spacial score (nSPS) is 13.0. The molecule has 2 nitrogen and oxygen atoms in total. The van der Waals surface area contributed by atoms with Crippen LogP contribution in [0.15, 0.2) is 54.6 Å². The molecule has 104 valence electrons. The highest BCUT2D eigenvalue weighted by Gasteiger charge is 2.30. The standard InChI is InChI=1S/C15H11F3O2/c16-15(17,18)12-8-6-11(7-9-12)14(20)13(19)10-4-2-1-3-5-10/h1-9,14,20H. The summed E-state index contributed by atoms with van der Waals surface area (Å²) in [6.07, 6.45) is -5.91. The van der Waals surface area contributed by atoms with Gasteiger partial charge in [-0.05, 0) is 17.7 Å². The van der Waals surface area contributed by atoms with Crippen LogP contribution in [0.25, 0.3) is 0 Å². The lowest BCUT2D eigenvalue weighted by molar-refractivity contribution is -0.137. The number of Topliss-reactive ketones (excluding diaryl/α,β-unsaturated/α-hetero) is 1. The highest BCUT2D eigenvalue weighted by atomic mass is 19.4. The third-order valence-electron chi connectivity index (χ3n) is 2.86. The minimum Gasteiger partial charge on any atom is -0.380 e. The quantitative estimate of drug-likeness (QED) is 0.872. The monoisotopic (exact) mass is 280 g/mol. The van der Waals surface area contributed by atoms with Crippen molar-refractivity contribution in [1.82, 2.24) is 0 Å². The number of aliphatic hydroxyl groups excluding tert-OH is 1. The Bertz CT molecular complexity index is 589. The third kappa shape index (κ3) is 3.05. The van der Waals surface area contributed by atoms with Gasteiger partial charge in [-0.2, -0.15) is 13.2 Å². The minimum atomic E-state index is -4.44. The first-order valence-electron chi connectivity index (χ1n) is 5.84. The molecule has 1 unspecified atom stereocenters. The second-order valence-electron chi connectivity index (χ2n) is 4.25. The summed E-state index contributed by atoms with van der Waals surface area (Å²) in [5.41, 5.74) is -0.382. The van der Waals surface area contributed by atoms with Gasteiger partial charge in [-0.25, -0.2) is 0 Å². The van der Waals surface area contributed by atoms with E-state index in [2.05, 4.69) is 0 Å². The van der Waals surface area contributed by atoms with Gasteiger partial charge in [0, 0.05) is 5.56 Å². The van der Waals surface area contributed by atoms with Gasteiger partial charge in [0.05, 0.1) is 5.56 Å². The summed E-state index contributed by atoms with van der Waals surface area (Å²) in [4.78, 5) is 12.0. The zero-order chi connectivity index (χ0) is 14.8. The Kier molecular flexibility index (Phi) is 3.90. The number of alkyl halides is 3. The van der Waals surface area contributed by atoms with E-state index in [0.29, 0.717) is 5.56 Å². The van der Waals surface area contributed by atoms with Crippen LogP contribution in [0.2, 0.25) is 0 Å². The highest BCUT2D eigenvalue weighted by molar-refractivity contribution is 5.99. The molecule has 0 heterocycles. The average Bonchev–Trinajstić information content (AvgIpc) is 2.46. The summed E-state index contributed by atoms with van der Waals surface area (Å²) < 4.78 is 37.2. The molecule has 2 aromatic carbocycles. The smallest absolute Gasteiger partial charge is 0.380 e. The predicted octanol–water partition coefficient (Wildman–Crippen LogP) is 3.62. The van der Waals surface area contributed by atoms with Gasteiger partial charge >= 0.3 is 6.18 Å². The zero-order valence-corrected chi connectivity index (χ0v) is 10.3. The Labute approximate surface area is 113 Å². The molecule has 0 aromatic heterocycles. The number of benzene rings is 2. The largest absolute Gasteiger partial charge is 0.416 e. The summed E-state index contributed by atoms with van der Waals surface area (Å²) in [6, 6.07) is 12.0. The first-order chi connectivity index (χ1) is 9.39. The van der Waals surface area contributed by atoms with Gasteiger partial charge in [-0.1, -0.05) is 42.5 Å². The van der Waals surface area contributed by atoms with Crippen LogP contribution in [-0.2, 0) is 6.18 Å². The molecule has 20 heavy (non-hydrogen) atoms. The average molecular weight is 280 g/mol. The van der Waals surface area contributed by atoms with Crippen LogP contribution >= 0.6 is 0 Å². The number of carbonyl (C=O) groups is 1. The van der Waals surface area contributed by atoms with E-state index in [9.17, 15) is 23.1 Å².